The molecule has 0 radical (unpaired) electrons. The second kappa shape index (κ2) is 3.68. The third kappa shape index (κ3) is 1.81. The lowest BCUT2D eigenvalue weighted by Gasteiger charge is -2.00. The van der Waals surface area contributed by atoms with Gasteiger partial charge in [0.15, 0.2) is 0 Å². The van der Waals surface area contributed by atoms with Crippen LogP contribution >= 0.6 is 0 Å². The number of halogens is 1. The number of hydrogen-bond acceptors (Lipinski definition) is 3. The summed E-state index contributed by atoms with van der Waals surface area (Å²) in [7, 11) is 0. The normalized spacial score (nSPS) is 19.5. The number of carboxylic acids is 1. The number of benzene rings is 1. The Morgan fingerprint density at radius 1 is 1.53 bits per heavy atom. The molecule has 1 N–H and O–H groups in total. The highest BCUT2D eigenvalue weighted by atomic mass is 19.1. The van der Waals surface area contributed by atoms with Crippen molar-refractivity contribution in [2.75, 3.05) is 0 Å². The van der Waals surface area contributed by atoms with Gasteiger partial charge in [-0.2, -0.15) is 0 Å². The number of aliphatic carboxylic acids is 1. The molecule has 0 fully saturated rings. The van der Waals surface area contributed by atoms with Gasteiger partial charge in [-0.1, -0.05) is 23.4 Å². The van der Waals surface area contributed by atoms with Gasteiger partial charge in [0.2, 0.25) is 6.10 Å². The second-order valence-electron chi connectivity index (χ2n) is 3.15. The number of carbonyl (C=O) groups is 1. The minimum Gasteiger partial charge on any atom is -0.478 e. The smallest absolute Gasteiger partial charge is 0.348 e. The Morgan fingerprint density at radius 2 is 2.27 bits per heavy atom. The minimum absolute atomic E-state index is 0.0935. The average Bonchev–Trinajstić information content (AvgIpc) is 2.67. The summed E-state index contributed by atoms with van der Waals surface area (Å²) in [5.74, 6) is -1.52. The van der Waals surface area contributed by atoms with E-state index in [1.165, 1.54) is 6.07 Å². The van der Waals surface area contributed by atoms with Crippen LogP contribution in [0.5, 0.6) is 0 Å². The topological polar surface area (TPSA) is 58.9 Å². The van der Waals surface area contributed by atoms with Crippen LogP contribution in [-0.2, 0) is 9.63 Å². The van der Waals surface area contributed by atoms with E-state index in [-0.39, 0.29) is 6.42 Å². The van der Waals surface area contributed by atoms with Crippen LogP contribution in [0.1, 0.15) is 12.0 Å². The molecule has 1 aromatic carbocycles. The van der Waals surface area contributed by atoms with Crippen LogP contribution in [0.3, 0.4) is 0 Å². The molecule has 0 bridgehead atoms. The monoisotopic (exact) mass is 209 g/mol. The van der Waals surface area contributed by atoms with Gasteiger partial charge in [0, 0.05) is 12.0 Å². The van der Waals surface area contributed by atoms with Crippen molar-refractivity contribution in [2.24, 2.45) is 5.16 Å². The van der Waals surface area contributed by atoms with E-state index in [0.717, 1.165) is 0 Å². The lowest BCUT2D eigenvalue weighted by Crippen LogP contribution is -2.20. The Labute approximate surface area is 85.0 Å². The minimum atomic E-state index is -1.09. The average molecular weight is 209 g/mol. The molecular formula is C10H8FNO3. The molecule has 0 unspecified atom stereocenters. The molecule has 1 aliphatic heterocycles. The quantitative estimate of drug-likeness (QED) is 0.800. The summed E-state index contributed by atoms with van der Waals surface area (Å²) in [5.41, 5.74) is 0.627. The number of carboxylic acid groups (broad SMARTS) is 1. The number of rotatable bonds is 2. The van der Waals surface area contributed by atoms with Crippen molar-refractivity contribution in [1.82, 2.24) is 0 Å². The molecule has 0 aromatic heterocycles. The summed E-state index contributed by atoms with van der Waals surface area (Å²) >= 11 is 0. The highest BCUT2D eigenvalue weighted by Gasteiger charge is 2.29. The fraction of sp³-hybridized carbons (Fsp3) is 0.200. The zero-order chi connectivity index (χ0) is 10.8. The van der Waals surface area contributed by atoms with Gasteiger partial charge in [0.25, 0.3) is 0 Å². The molecule has 0 saturated carbocycles. The first-order valence-corrected chi connectivity index (χ1v) is 4.39. The molecule has 0 spiro atoms. The largest absolute Gasteiger partial charge is 0.478 e. The lowest BCUT2D eigenvalue weighted by atomic mass is 10.0. The van der Waals surface area contributed by atoms with Gasteiger partial charge in [0.1, 0.15) is 5.82 Å². The standard InChI is InChI=1S/C10H8FNO3/c11-7-4-2-1-3-6(7)8-5-9(10(13)14)15-12-8/h1-4,9H,5H2,(H,13,14)/t9-/m0/s1. The second-order valence-corrected chi connectivity index (χ2v) is 3.15. The van der Waals surface area contributed by atoms with Crippen LogP contribution in [0.2, 0.25) is 0 Å². The summed E-state index contributed by atoms with van der Waals surface area (Å²) in [6.07, 6.45) is -0.907. The molecular weight excluding hydrogens is 201 g/mol. The van der Waals surface area contributed by atoms with Crippen molar-refractivity contribution < 1.29 is 19.1 Å². The van der Waals surface area contributed by atoms with Gasteiger partial charge in [0.05, 0.1) is 5.71 Å². The summed E-state index contributed by atoms with van der Waals surface area (Å²) in [4.78, 5) is 15.2. The van der Waals surface area contributed by atoms with Gasteiger partial charge < -0.3 is 9.94 Å². The summed E-state index contributed by atoms with van der Waals surface area (Å²) in [5, 5.41) is 12.2. The molecule has 1 aromatic rings. The third-order valence-corrected chi connectivity index (χ3v) is 2.13. The van der Waals surface area contributed by atoms with Crippen molar-refractivity contribution in [3.8, 4) is 0 Å². The Kier molecular flexibility index (Phi) is 2.37. The molecule has 5 heteroatoms. The Bertz CT molecular complexity index is 430. The van der Waals surface area contributed by atoms with Crippen LogP contribution in [0.25, 0.3) is 0 Å². The van der Waals surface area contributed by atoms with E-state index in [1.54, 1.807) is 18.2 Å². The Hall–Kier alpha value is -1.91. The maximum Gasteiger partial charge on any atom is 0.348 e. The number of hydrogen-bond donors (Lipinski definition) is 1. The molecule has 1 aliphatic rings. The van der Waals surface area contributed by atoms with E-state index in [9.17, 15) is 9.18 Å². The molecule has 0 saturated heterocycles. The predicted octanol–water partition coefficient (Wildman–Crippen LogP) is 1.40. The molecule has 1 heterocycles. The summed E-state index contributed by atoms with van der Waals surface area (Å²) < 4.78 is 13.3. The van der Waals surface area contributed by atoms with E-state index in [4.69, 9.17) is 5.11 Å². The molecule has 78 valence electrons. The highest BCUT2D eigenvalue weighted by Crippen LogP contribution is 2.18. The zero-order valence-corrected chi connectivity index (χ0v) is 7.68. The van der Waals surface area contributed by atoms with Crippen LogP contribution in [-0.4, -0.2) is 22.9 Å². The molecule has 15 heavy (non-hydrogen) atoms. The van der Waals surface area contributed by atoms with Gasteiger partial charge in [-0.05, 0) is 6.07 Å². The fourth-order valence-corrected chi connectivity index (χ4v) is 1.36. The van der Waals surface area contributed by atoms with E-state index < -0.39 is 17.9 Å². The van der Waals surface area contributed by atoms with Gasteiger partial charge in [-0.25, -0.2) is 9.18 Å². The SMILES string of the molecule is O=C(O)[C@@H]1CC(c2ccccc2F)=NO1. The van der Waals surface area contributed by atoms with Crippen LogP contribution in [0.15, 0.2) is 29.4 Å². The first-order valence-electron chi connectivity index (χ1n) is 4.39. The molecule has 4 nitrogen and oxygen atoms in total. The summed E-state index contributed by atoms with van der Waals surface area (Å²) in [6, 6.07) is 6.06. The molecule has 2 rings (SSSR count). The van der Waals surface area contributed by atoms with Gasteiger partial charge in [-0.15, -0.1) is 0 Å². The molecule has 0 amide bonds. The van der Waals surface area contributed by atoms with E-state index in [0.29, 0.717) is 11.3 Å². The predicted molar refractivity (Wildman–Crippen MR) is 50.1 cm³/mol. The fourth-order valence-electron chi connectivity index (χ4n) is 1.36. The number of oxime groups is 1. The van der Waals surface area contributed by atoms with Crippen LogP contribution in [0.4, 0.5) is 4.39 Å². The van der Waals surface area contributed by atoms with E-state index >= 15 is 0 Å². The van der Waals surface area contributed by atoms with E-state index in [1.807, 2.05) is 0 Å². The maximum absolute atomic E-state index is 13.3. The van der Waals surface area contributed by atoms with Crippen LogP contribution in [0, 0.1) is 5.82 Å². The maximum atomic E-state index is 13.3. The molecule has 0 aliphatic carbocycles. The number of nitrogens with zero attached hydrogens (tertiary/aromatic N) is 1. The lowest BCUT2D eigenvalue weighted by molar-refractivity contribution is -0.148. The van der Waals surface area contributed by atoms with Crippen molar-refractivity contribution in [3.05, 3.63) is 35.6 Å². The zero-order valence-electron chi connectivity index (χ0n) is 7.68. The van der Waals surface area contributed by atoms with Crippen molar-refractivity contribution in [1.29, 1.82) is 0 Å². The summed E-state index contributed by atoms with van der Waals surface area (Å²) in [6.45, 7) is 0. The Balaban J connectivity index is 2.21. The van der Waals surface area contributed by atoms with Crippen LogP contribution < -0.4 is 0 Å². The highest BCUT2D eigenvalue weighted by molar-refractivity contribution is 6.03. The van der Waals surface area contributed by atoms with Crippen molar-refractivity contribution in [3.63, 3.8) is 0 Å². The van der Waals surface area contributed by atoms with Crippen molar-refractivity contribution in [2.45, 2.75) is 12.5 Å². The van der Waals surface area contributed by atoms with Gasteiger partial charge >= 0.3 is 5.97 Å². The Morgan fingerprint density at radius 3 is 2.87 bits per heavy atom. The first kappa shape index (κ1) is 9.64. The van der Waals surface area contributed by atoms with Gasteiger partial charge in [-0.3, -0.25) is 0 Å². The van der Waals surface area contributed by atoms with Crippen molar-refractivity contribution >= 4 is 11.7 Å². The molecule has 1 atom stereocenters. The van der Waals surface area contributed by atoms with E-state index in [2.05, 4.69) is 9.99 Å². The third-order valence-electron chi connectivity index (χ3n) is 2.13. The first-order chi connectivity index (χ1) is 7.18.